The summed E-state index contributed by atoms with van der Waals surface area (Å²) in [7, 11) is 0. The summed E-state index contributed by atoms with van der Waals surface area (Å²) in [6.45, 7) is 0.213. The molecule has 0 aliphatic carbocycles. The molecule has 0 saturated carbocycles. The minimum absolute atomic E-state index is 0.213. The Bertz CT molecular complexity index is 1380. The standard InChI is InChI=1S/C27H17FN2O/c28-24-10-5-9-20(14-24)23(17-30)15-26-25-11-4-3-6-19(25)12-13-27(26)31-18-22-8-2-1-7-21(22)16-29/h1-15H,18H2/b23-15-. The Balaban J connectivity index is 1.81. The second kappa shape index (κ2) is 8.95. The molecular formula is C27H17FN2O. The molecule has 0 spiro atoms. The summed E-state index contributed by atoms with van der Waals surface area (Å²) in [6, 6.07) is 29.2. The molecule has 0 unspecified atom stereocenters. The predicted molar refractivity (Wildman–Crippen MR) is 119 cm³/mol. The van der Waals surface area contributed by atoms with Crippen molar-refractivity contribution < 1.29 is 9.13 Å². The molecule has 4 aromatic rings. The number of nitrogens with zero attached hydrogens (tertiary/aromatic N) is 2. The number of rotatable bonds is 5. The fraction of sp³-hybridized carbons (Fsp3) is 0.0370. The van der Waals surface area contributed by atoms with Gasteiger partial charge in [0.1, 0.15) is 18.2 Å². The van der Waals surface area contributed by atoms with Crippen molar-refractivity contribution in [1.82, 2.24) is 0 Å². The molecule has 0 N–H and O–H groups in total. The SMILES string of the molecule is N#C/C(=C/c1c(OCc2ccccc2C#N)ccc2ccccc12)c1cccc(F)c1. The van der Waals surface area contributed by atoms with Crippen molar-refractivity contribution in [1.29, 1.82) is 10.5 Å². The van der Waals surface area contributed by atoms with E-state index < -0.39 is 5.82 Å². The van der Waals surface area contributed by atoms with Crippen molar-refractivity contribution in [3.63, 3.8) is 0 Å². The van der Waals surface area contributed by atoms with Crippen LogP contribution < -0.4 is 4.74 Å². The van der Waals surface area contributed by atoms with Crippen LogP contribution in [0.5, 0.6) is 5.75 Å². The molecule has 0 atom stereocenters. The maximum absolute atomic E-state index is 13.7. The third kappa shape index (κ3) is 4.29. The van der Waals surface area contributed by atoms with Crippen molar-refractivity contribution >= 4 is 22.4 Å². The molecule has 0 aromatic heterocycles. The van der Waals surface area contributed by atoms with E-state index in [9.17, 15) is 14.9 Å². The van der Waals surface area contributed by atoms with Crippen LogP contribution in [0.15, 0.2) is 84.9 Å². The topological polar surface area (TPSA) is 56.8 Å². The molecule has 4 rings (SSSR count). The van der Waals surface area contributed by atoms with Gasteiger partial charge < -0.3 is 4.74 Å². The normalized spacial score (nSPS) is 11.0. The number of benzene rings is 4. The van der Waals surface area contributed by atoms with Crippen LogP contribution in [0.1, 0.15) is 22.3 Å². The van der Waals surface area contributed by atoms with E-state index in [0.717, 1.165) is 21.9 Å². The molecule has 3 nitrogen and oxygen atoms in total. The maximum Gasteiger partial charge on any atom is 0.127 e. The lowest BCUT2D eigenvalue weighted by molar-refractivity contribution is 0.305. The van der Waals surface area contributed by atoms with E-state index in [1.807, 2.05) is 54.6 Å². The summed E-state index contributed by atoms with van der Waals surface area (Å²) >= 11 is 0. The molecule has 4 aromatic carbocycles. The average molecular weight is 404 g/mol. The van der Waals surface area contributed by atoms with Gasteiger partial charge in [0.25, 0.3) is 0 Å². The average Bonchev–Trinajstić information content (AvgIpc) is 2.81. The third-order valence-electron chi connectivity index (χ3n) is 5.00. The third-order valence-corrected chi connectivity index (χ3v) is 5.00. The van der Waals surface area contributed by atoms with Crippen molar-refractivity contribution in [2.75, 3.05) is 0 Å². The molecule has 0 radical (unpaired) electrons. The molecule has 31 heavy (non-hydrogen) atoms. The monoisotopic (exact) mass is 404 g/mol. The highest BCUT2D eigenvalue weighted by atomic mass is 19.1. The molecule has 0 amide bonds. The Morgan fingerprint density at radius 3 is 2.52 bits per heavy atom. The van der Waals surface area contributed by atoms with Crippen LogP contribution in [0.25, 0.3) is 22.4 Å². The number of ether oxygens (including phenoxy) is 1. The lowest BCUT2D eigenvalue weighted by Crippen LogP contribution is -2.00. The maximum atomic E-state index is 13.7. The fourth-order valence-corrected chi connectivity index (χ4v) is 3.44. The molecular weight excluding hydrogens is 387 g/mol. The van der Waals surface area contributed by atoms with Gasteiger partial charge in [-0.2, -0.15) is 10.5 Å². The molecule has 0 aliphatic heterocycles. The van der Waals surface area contributed by atoms with Gasteiger partial charge in [0.15, 0.2) is 0 Å². The van der Waals surface area contributed by atoms with Crippen LogP contribution in [0, 0.1) is 28.5 Å². The van der Waals surface area contributed by atoms with Gasteiger partial charge in [-0.15, -0.1) is 0 Å². The molecule has 0 saturated heterocycles. The minimum Gasteiger partial charge on any atom is -0.488 e. The van der Waals surface area contributed by atoms with Gasteiger partial charge in [-0.3, -0.25) is 0 Å². The van der Waals surface area contributed by atoms with Crippen molar-refractivity contribution in [2.45, 2.75) is 6.61 Å². The van der Waals surface area contributed by atoms with E-state index in [1.165, 1.54) is 12.1 Å². The van der Waals surface area contributed by atoms with Crippen LogP contribution in [0.2, 0.25) is 0 Å². The Morgan fingerprint density at radius 2 is 1.71 bits per heavy atom. The smallest absolute Gasteiger partial charge is 0.127 e. The molecule has 0 bridgehead atoms. The second-order valence-corrected chi connectivity index (χ2v) is 6.94. The zero-order chi connectivity index (χ0) is 21.6. The summed E-state index contributed by atoms with van der Waals surface area (Å²) in [5.74, 6) is 0.178. The van der Waals surface area contributed by atoms with E-state index in [1.54, 1.807) is 24.3 Å². The van der Waals surface area contributed by atoms with E-state index in [4.69, 9.17) is 4.74 Å². The first-order valence-corrected chi connectivity index (χ1v) is 9.70. The lowest BCUT2D eigenvalue weighted by Gasteiger charge is -2.13. The first-order valence-electron chi connectivity index (χ1n) is 9.70. The summed E-state index contributed by atoms with van der Waals surface area (Å²) in [6.07, 6.45) is 1.72. The van der Waals surface area contributed by atoms with Gasteiger partial charge in [-0.1, -0.05) is 60.7 Å². The number of hydrogen-bond donors (Lipinski definition) is 0. The molecule has 148 valence electrons. The van der Waals surface area contributed by atoms with E-state index in [0.29, 0.717) is 22.4 Å². The first-order chi connectivity index (χ1) is 15.2. The number of halogens is 1. The summed E-state index contributed by atoms with van der Waals surface area (Å²) in [4.78, 5) is 0. The van der Waals surface area contributed by atoms with Crippen molar-refractivity contribution in [2.24, 2.45) is 0 Å². The van der Waals surface area contributed by atoms with Crippen molar-refractivity contribution in [3.8, 4) is 17.9 Å². The minimum atomic E-state index is -0.402. The summed E-state index contributed by atoms with van der Waals surface area (Å²) in [5, 5.41) is 21.0. The number of fused-ring (bicyclic) bond motifs is 1. The van der Waals surface area contributed by atoms with Crippen LogP contribution in [-0.2, 0) is 6.61 Å². The Morgan fingerprint density at radius 1 is 0.903 bits per heavy atom. The van der Waals surface area contributed by atoms with E-state index in [-0.39, 0.29) is 6.61 Å². The Labute approximate surface area is 179 Å². The molecule has 0 fully saturated rings. The first kappa shape index (κ1) is 19.9. The van der Waals surface area contributed by atoms with E-state index >= 15 is 0 Å². The van der Waals surface area contributed by atoms with E-state index in [2.05, 4.69) is 12.1 Å². The van der Waals surface area contributed by atoms with Gasteiger partial charge in [0.2, 0.25) is 0 Å². The van der Waals surface area contributed by atoms with Gasteiger partial charge >= 0.3 is 0 Å². The Hall–Kier alpha value is -4.41. The van der Waals surface area contributed by atoms with Gasteiger partial charge in [-0.25, -0.2) is 4.39 Å². The largest absolute Gasteiger partial charge is 0.488 e. The second-order valence-electron chi connectivity index (χ2n) is 6.94. The predicted octanol–water partition coefficient (Wildman–Crippen LogP) is 6.49. The number of nitriles is 2. The van der Waals surface area contributed by atoms with Crippen LogP contribution in [0.4, 0.5) is 4.39 Å². The van der Waals surface area contributed by atoms with Gasteiger partial charge in [0.05, 0.1) is 23.3 Å². The Kier molecular flexibility index (Phi) is 5.74. The number of hydrogen-bond acceptors (Lipinski definition) is 3. The van der Waals surface area contributed by atoms with Gasteiger partial charge in [-0.05, 0) is 46.7 Å². The summed E-state index contributed by atoms with van der Waals surface area (Å²) in [5.41, 5.74) is 2.89. The highest BCUT2D eigenvalue weighted by molar-refractivity contribution is 6.00. The number of allylic oxidation sites excluding steroid dienone is 1. The van der Waals surface area contributed by atoms with Crippen LogP contribution in [0.3, 0.4) is 0 Å². The van der Waals surface area contributed by atoms with Crippen molar-refractivity contribution in [3.05, 3.63) is 113 Å². The summed E-state index contributed by atoms with van der Waals surface area (Å²) < 4.78 is 19.8. The highest BCUT2D eigenvalue weighted by Crippen LogP contribution is 2.32. The quantitative estimate of drug-likeness (QED) is 0.282. The zero-order valence-corrected chi connectivity index (χ0v) is 16.5. The van der Waals surface area contributed by atoms with Gasteiger partial charge in [0, 0.05) is 11.1 Å². The van der Waals surface area contributed by atoms with Crippen LogP contribution in [-0.4, -0.2) is 0 Å². The molecule has 0 aliphatic rings. The fourth-order valence-electron chi connectivity index (χ4n) is 3.44. The van der Waals surface area contributed by atoms with Crippen LogP contribution >= 0.6 is 0 Å². The highest BCUT2D eigenvalue weighted by Gasteiger charge is 2.11. The molecule has 0 heterocycles. The molecule has 4 heteroatoms. The zero-order valence-electron chi connectivity index (χ0n) is 16.5. The lowest BCUT2D eigenvalue weighted by atomic mass is 9.98.